The SMILES string of the molecule is CC/C=C\C/C=C\C/C=C\C/C=C\C/C=C\C/C=C\C/C=C\C/C=C\C/C=C\C/C=C\C/C=C\CCCCCCCCCC(=O)OC(COC(=O)CCCCCCCCCCCCCCCCCCCCCCC/C=C\CCCCCCCCCC)COP(=O)(O)OCCN. The van der Waals surface area contributed by atoms with E-state index >= 15 is 0 Å². The van der Waals surface area contributed by atoms with Crippen molar-refractivity contribution in [3.8, 4) is 0 Å². The van der Waals surface area contributed by atoms with E-state index in [1.807, 2.05) is 0 Å². The number of rotatable bonds is 73. The Hall–Kier alpha value is -4.11. The molecular weight excluding hydrogens is 1190 g/mol. The number of carbonyl (C=O) groups is 2. The van der Waals surface area contributed by atoms with Crippen LogP contribution in [0.25, 0.3) is 0 Å². The lowest BCUT2D eigenvalue weighted by Gasteiger charge is -2.19. The van der Waals surface area contributed by atoms with Crippen molar-refractivity contribution in [2.45, 2.75) is 354 Å². The van der Waals surface area contributed by atoms with E-state index < -0.39 is 26.5 Å². The molecule has 0 bridgehead atoms. The van der Waals surface area contributed by atoms with Crippen LogP contribution in [0.15, 0.2) is 146 Å². The van der Waals surface area contributed by atoms with Crippen molar-refractivity contribution in [2.75, 3.05) is 26.4 Å². The first-order chi connectivity index (χ1) is 46.8. The molecule has 0 heterocycles. The van der Waals surface area contributed by atoms with Gasteiger partial charge in [0.2, 0.25) is 0 Å². The summed E-state index contributed by atoms with van der Waals surface area (Å²) < 4.78 is 33.2. The molecule has 0 aliphatic carbocycles. The van der Waals surface area contributed by atoms with Gasteiger partial charge in [-0.05, 0) is 122 Å². The normalized spacial score (nSPS) is 13.7. The Morgan fingerprint density at radius 1 is 0.326 bits per heavy atom. The quantitative estimate of drug-likeness (QED) is 0.0264. The number of hydrogen-bond donors (Lipinski definition) is 2. The summed E-state index contributed by atoms with van der Waals surface area (Å²) in [6, 6.07) is 0. The minimum atomic E-state index is -4.41. The number of unbranched alkanes of at least 4 members (excludes halogenated alkanes) is 36. The summed E-state index contributed by atoms with van der Waals surface area (Å²) in [5.41, 5.74) is 5.41. The summed E-state index contributed by atoms with van der Waals surface area (Å²) in [6.45, 7) is 3.65. The fraction of sp³-hybridized carbons (Fsp3) is 0.694. The number of nitrogens with two attached hydrogens (primary N) is 1. The standard InChI is InChI=1S/C85H146NO8P/c1-3-5-7-9-11-13-15-17-19-21-23-25-27-29-31-33-35-37-38-39-40-41-42-43-44-46-48-50-52-54-56-58-60-62-64-66-68-70-72-74-76-78-85(88)94-83(82-93-95(89,90)92-80-79-86)81-91-84(87)77-75-73-71-69-67-65-63-61-59-57-55-53-51-49-47-45-36-34-32-30-28-26-24-22-20-18-16-14-12-10-8-6-4-2/h5,7,11,13,17,19,22-25,29,31,35,37,39-40,42-43,46,48,52,54,58,60,83H,3-4,6,8-10,12,14-16,18,20-21,26-28,30,32-34,36,38,41,44-45,47,49-51,53,55-57,59,61-82,86H2,1-2H3,(H,89,90)/b7-5-,13-11-,19-17-,24-22-,25-23-,31-29-,37-35-,40-39-,43-42-,48-46-,54-52-,60-58-. The number of phosphoric ester groups is 1. The summed E-state index contributed by atoms with van der Waals surface area (Å²) >= 11 is 0. The molecule has 0 saturated carbocycles. The summed E-state index contributed by atoms with van der Waals surface area (Å²) in [4.78, 5) is 35.4. The lowest BCUT2D eigenvalue weighted by molar-refractivity contribution is -0.161. The van der Waals surface area contributed by atoms with E-state index in [-0.39, 0.29) is 38.6 Å². The van der Waals surface area contributed by atoms with E-state index in [0.717, 1.165) is 116 Å². The zero-order valence-electron chi connectivity index (χ0n) is 61.4. The van der Waals surface area contributed by atoms with Gasteiger partial charge in [0, 0.05) is 19.4 Å². The predicted molar refractivity (Wildman–Crippen MR) is 413 cm³/mol. The van der Waals surface area contributed by atoms with Crippen molar-refractivity contribution in [3.63, 3.8) is 0 Å². The monoisotopic (exact) mass is 1340 g/mol. The highest BCUT2D eigenvalue weighted by Gasteiger charge is 2.26. The Kier molecular flexibility index (Phi) is 75.5. The van der Waals surface area contributed by atoms with Crippen LogP contribution in [0.3, 0.4) is 0 Å². The van der Waals surface area contributed by atoms with Gasteiger partial charge in [0.05, 0.1) is 13.2 Å². The van der Waals surface area contributed by atoms with Gasteiger partial charge >= 0.3 is 19.8 Å². The maximum Gasteiger partial charge on any atom is 0.472 e. The van der Waals surface area contributed by atoms with Gasteiger partial charge in [-0.3, -0.25) is 18.6 Å². The van der Waals surface area contributed by atoms with E-state index in [9.17, 15) is 19.0 Å². The van der Waals surface area contributed by atoms with Crippen molar-refractivity contribution < 1.29 is 37.6 Å². The van der Waals surface area contributed by atoms with Gasteiger partial charge in [0.1, 0.15) is 6.61 Å². The Bertz CT molecular complexity index is 2080. The number of hydrogen-bond acceptors (Lipinski definition) is 8. The first-order valence-corrected chi connectivity index (χ1v) is 40.8. The molecule has 2 atom stereocenters. The number of phosphoric acid groups is 1. The van der Waals surface area contributed by atoms with Crippen molar-refractivity contribution >= 4 is 19.8 Å². The van der Waals surface area contributed by atoms with Crippen LogP contribution < -0.4 is 5.73 Å². The lowest BCUT2D eigenvalue weighted by atomic mass is 10.0. The van der Waals surface area contributed by atoms with Crippen molar-refractivity contribution in [1.82, 2.24) is 0 Å². The molecule has 0 fully saturated rings. The molecule has 2 unspecified atom stereocenters. The molecule has 0 aromatic heterocycles. The second-order valence-corrected chi connectivity index (χ2v) is 27.3. The molecule has 0 saturated heterocycles. The number of carbonyl (C=O) groups excluding carboxylic acids is 2. The maximum absolute atomic E-state index is 12.8. The summed E-state index contributed by atoms with van der Waals surface area (Å²) in [6.07, 6.45) is 114. The third kappa shape index (κ3) is 78.8. The average molecular weight is 1340 g/mol. The van der Waals surface area contributed by atoms with Gasteiger partial charge in [-0.25, -0.2) is 4.57 Å². The Morgan fingerprint density at radius 2 is 0.579 bits per heavy atom. The topological polar surface area (TPSA) is 134 Å². The maximum atomic E-state index is 12.8. The molecule has 0 amide bonds. The van der Waals surface area contributed by atoms with Crippen LogP contribution >= 0.6 is 7.82 Å². The van der Waals surface area contributed by atoms with Crippen LogP contribution in [0.4, 0.5) is 0 Å². The molecule has 0 radical (unpaired) electrons. The van der Waals surface area contributed by atoms with E-state index in [2.05, 4.69) is 160 Å². The van der Waals surface area contributed by atoms with Gasteiger partial charge in [0.15, 0.2) is 6.10 Å². The van der Waals surface area contributed by atoms with Crippen LogP contribution in [0.5, 0.6) is 0 Å². The van der Waals surface area contributed by atoms with Crippen LogP contribution in [0.2, 0.25) is 0 Å². The molecule has 0 aliphatic heterocycles. The van der Waals surface area contributed by atoms with Gasteiger partial charge in [0.25, 0.3) is 0 Å². The van der Waals surface area contributed by atoms with Crippen LogP contribution in [-0.2, 0) is 32.7 Å². The first-order valence-electron chi connectivity index (χ1n) is 39.3. The molecule has 0 aliphatic rings. The summed E-state index contributed by atoms with van der Waals surface area (Å²) in [5.74, 6) is -0.836. The second-order valence-electron chi connectivity index (χ2n) is 25.8. The molecule has 0 spiro atoms. The Morgan fingerprint density at radius 3 is 0.874 bits per heavy atom. The smallest absolute Gasteiger partial charge is 0.462 e. The highest BCUT2D eigenvalue weighted by molar-refractivity contribution is 7.47. The molecule has 0 aromatic rings. The predicted octanol–water partition coefficient (Wildman–Crippen LogP) is 26.5. The largest absolute Gasteiger partial charge is 0.472 e. The zero-order valence-corrected chi connectivity index (χ0v) is 62.3. The fourth-order valence-corrected chi connectivity index (χ4v) is 11.7. The third-order valence-electron chi connectivity index (χ3n) is 16.7. The third-order valence-corrected chi connectivity index (χ3v) is 17.7. The molecule has 0 rings (SSSR count). The van der Waals surface area contributed by atoms with Crippen LogP contribution in [0.1, 0.15) is 348 Å². The van der Waals surface area contributed by atoms with Crippen molar-refractivity contribution in [2.24, 2.45) is 5.73 Å². The summed E-state index contributed by atoms with van der Waals surface area (Å²) in [5, 5.41) is 0. The van der Waals surface area contributed by atoms with E-state index in [1.54, 1.807) is 0 Å². The average Bonchev–Trinajstić information content (AvgIpc) is 2.75. The summed E-state index contributed by atoms with van der Waals surface area (Å²) in [7, 11) is -4.41. The van der Waals surface area contributed by atoms with Gasteiger partial charge in [-0.2, -0.15) is 0 Å². The molecular formula is C85H146NO8P. The molecule has 3 N–H and O–H groups in total. The van der Waals surface area contributed by atoms with Crippen LogP contribution in [-0.4, -0.2) is 49.3 Å². The second kappa shape index (κ2) is 78.9. The number of ether oxygens (including phenoxy) is 2. The number of esters is 2. The van der Waals surface area contributed by atoms with Gasteiger partial charge < -0.3 is 20.1 Å². The van der Waals surface area contributed by atoms with E-state index in [0.29, 0.717) is 6.42 Å². The molecule has 95 heavy (non-hydrogen) atoms. The molecule has 0 aromatic carbocycles. The van der Waals surface area contributed by atoms with Gasteiger partial charge in [-0.1, -0.05) is 359 Å². The zero-order chi connectivity index (χ0) is 68.6. The van der Waals surface area contributed by atoms with Crippen molar-refractivity contribution in [1.29, 1.82) is 0 Å². The van der Waals surface area contributed by atoms with E-state index in [1.165, 1.54) is 199 Å². The highest BCUT2D eigenvalue weighted by Crippen LogP contribution is 2.43. The van der Waals surface area contributed by atoms with E-state index in [4.69, 9.17) is 24.3 Å². The van der Waals surface area contributed by atoms with Crippen molar-refractivity contribution in [3.05, 3.63) is 146 Å². The fourth-order valence-electron chi connectivity index (χ4n) is 10.9. The highest BCUT2D eigenvalue weighted by atomic mass is 31.2. The number of allylic oxidation sites excluding steroid dienone is 24. The Labute approximate surface area is 586 Å². The molecule has 9 nitrogen and oxygen atoms in total. The molecule has 10 heteroatoms. The van der Waals surface area contributed by atoms with Gasteiger partial charge in [-0.15, -0.1) is 0 Å². The minimum absolute atomic E-state index is 0.0462. The van der Waals surface area contributed by atoms with Crippen LogP contribution in [0, 0.1) is 0 Å². The first kappa shape index (κ1) is 90.9. The minimum Gasteiger partial charge on any atom is -0.462 e. The molecule has 544 valence electrons. The lowest BCUT2D eigenvalue weighted by Crippen LogP contribution is -2.29. The Balaban J connectivity index is 3.91.